The highest BCUT2D eigenvalue weighted by Crippen LogP contribution is 2.16. The van der Waals surface area contributed by atoms with Crippen molar-refractivity contribution in [3.63, 3.8) is 0 Å². The van der Waals surface area contributed by atoms with Gasteiger partial charge in [-0.25, -0.2) is 9.97 Å². The highest BCUT2D eigenvalue weighted by atomic mass is 16.5. The molecule has 0 aliphatic carbocycles. The van der Waals surface area contributed by atoms with E-state index in [0.717, 1.165) is 11.4 Å². The Labute approximate surface area is 140 Å². The molecule has 0 unspecified atom stereocenters. The molecular weight excluding hydrogens is 304 g/mol. The summed E-state index contributed by atoms with van der Waals surface area (Å²) in [7, 11) is 0. The fourth-order valence-corrected chi connectivity index (χ4v) is 2.16. The Balaban J connectivity index is 1.55. The summed E-state index contributed by atoms with van der Waals surface area (Å²) in [6.07, 6.45) is 6.75. The molecular formula is C18H18N4O2. The van der Waals surface area contributed by atoms with E-state index < -0.39 is 0 Å². The molecule has 24 heavy (non-hydrogen) atoms. The molecule has 0 spiro atoms. The maximum absolute atomic E-state index is 12.0. The lowest BCUT2D eigenvalue weighted by molar-refractivity contribution is -0.118. The van der Waals surface area contributed by atoms with Crippen molar-refractivity contribution in [1.82, 2.24) is 14.5 Å². The standard InChI is InChI=1S/C18H18N4O2/c1-13-3-5-16(9-14(13)2)24-11-18(23)21-15-4-6-17(20-10-15)22-8-7-19-12-22/h3-10,12H,11H2,1-2H3,(H,21,23). The van der Waals surface area contributed by atoms with Gasteiger partial charge in [0, 0.05) is 12.4 Å². The fourth-order valence-electron chi connectivity index (χ4n) is 2.16. The molecule has 0 radical (unpaired) electrons. The van der Waals surface area contributed by atoms with Crippen molar-refractivity contribution < 1.29 is 9.53 Å². The zero-order valence-electron chi connectivity index (χ0n) is 13.6. The topological polar surface area (TPSA) is 69.0 Å². The minimum Gasteiger partial charge on any atom is -0.484 e. The van der Waals surface area contributed by atoms with Crippen molar-refractivity contribution in [1.29, 1.82) is 0 Å². The number of hydrogen-bond donors (Lipinski definition) is 1. The average molecular weight is 322 g/mol. The predicted molar refractivity (Wildman–Crippen MR) is 91.4 cm³/mol. The van der Waals surface area contributed by atoms with Crippen molar-refractivity contribution in [2.24, 2.45) is 0 Å². The van der Waals surface area contributed by atoms with Gasteiger partial charge in [0.25, 0.3) is 5.91 Å². The number of nitrogens with one attached hydrogen (secondary N) is 1. The van der Waals surface area contributed by atoms with Crippen LogP contribution in [0.25, 0.3) is 5.82 Å². The van der Waals surface area contributed by atoms with E-state index in [1.165, 1.54) is 5.56 Å². The number of rotatable bonds is 5. The molecule has 1 aromatic carbocycles. The summed E-state index contributed by atoms with van der Waals surface area (Å²) in [6, 6.07) is 9.35. The molecule has 0 fully saturated rings. The van der Waals surface area contributed by atoms with E-state index in [4.69, 9.17) is 4.74 Å². The monoisotopic (exact) mass is 322 g/mol. The van der Waals surface area contributed by atoms with Gasteiger partial charge in [-0.3, -0.25) is 9.36 Å². The molecule has 3 aromatic rings. The lowest BCUT2D eigenvalue weighted by Gasteiger charge is -2.09. The number of hydrogen-bond acceptors (Lipinski definition) is 4. The minimum absolute atomic E-state index is 0.0498. The molecule has 6 nitrogen and oxygen atoms in total. The number of pyridine rings is 1. The van der Waals surface area contributed by atoms with E-state index in [1.807, 2.05) is 38.1 Å². The molecule has 2 aromatic heterocycles. The number of carbonyl (C=O) groups excluding carboxylic acids is 1. The lowest BCUT2D eigenvalue weighted by atomic mass is 10.1. The van der Waals surface area contributed by atoms with Crippen molar-refractivity contribution in [3.05, 3.63) is 66.4 Å². The second kappa shape index (κ2) is 6.95. The zero-order valence-corrected chi connectivity index (χ0v) is 13.6. The summed E-state index contributed by atoms with van der Waals surface area (Å²) in [5.74, 6) is 1.18. The minimum atomic E-state index is -0.231. The number of nitrogens with zero attached hydrogens (tertiary/aromatic N) is 3. The van der Waals surface area contributed by atoms with Gasteiger partial charge >= 0.3 is 0 Å². The third kappa shape index (κ3) is 3.78. The molecule has 0 saturated heterocycles. The molecule has 0 bridgehead atoms. The first-order chi connectivity index (χ1) is 11.6. The summed E-state index contributed by atoms with van der Waals surface area (Å²) < 4.78 is 7.30. The van der Waals surface area contributed by atoms with Gasteiger partial charge in [0.05, 0.1) is 11.9 Å². The van der Waals surface area contributed by atoms with Crippen molar-refractivity contribution in [2.75, 3.05) is 11.9 Å². The molecule has 122 valence electrons. The van der Waals surface area contributed by atoms with E-state index in [-0.39, 0.29) is 12.5 Å². The van der Waals surface area contributed by atoms with Gasteiger partial charge < -0.3 is 10.1 Å². The van der Waals surface area contributed by atoms with Crippen molar-refractivity contribution >= 4 is 11.6 Å². The fraction of sp³-hybridized carbons (Fsp3) is 0.167. The number of aromatic nitrogens is 3. The van der Waals surface area contributed by atoms with E-state index in [0.29, 0.717) is 11.4 Å². The van der Waals surface area contributed by atoms with E-state index in [2.05, 4.69) is 15.3 Å². The van der Waals surface area contributed by atoms with Gasteiger partial charge in [-0.15, -0.1) is 0 Å². The highest BCUT2D eigenvalue weighted by molar-refractivity contribution is 5.91. The van der Waals surface area contributed by atoms with Gasteiger partial charge in [-0.2, -0.15) is 0 Å². The summed E-state index contributed by atoms with van der Waals surface area (Å²) in [4.78, 5) is 20.2. The summed E-state index contributed by atoms with van der Waals surface area (Å²) in [5.41, 5.74) is 2.94. The molecule has 2 heterocycles. The summed E-state index contributed by atoms with van der Waals surface area (Å²) in [6.45, 7) is 3.99. The van der Waals surface area contributed by atoms with Gasteiger partial charge in [0.15, 0.2) is 6.61 Å². The van der Waals surface area contributed by atoms with Gasteiger partial charge in [-0.1, -0.05) is 6.07 Å². The molecule has 1 N–H and O–H groups in total. The zero-order chi connectivity index (χ0) is 16.9. The summed E-state index contributed by atoms with van der Waals surface area (Å²) in [5, 5.41) is 2.76. The summed E-state index contributed by atoms with van der Waals surface area (Å²) >= 11 is 0. The van der Waals surface area contributed by atoms with Crippen LogP contribution in [0.15, 0.2) is 55.2 Å². The molecule has 0 aliphatic rings. The van der Waals surface area contributed by atoms with Crippen LogP contribution >= 0.6 is 0 Å². The third-order valence-corrected chi connectivity index (χ3v) is 3.65. The first-order valence-corrected chi connectivity index (χ1v) is 7.56. The Morgan fingerprint density at radius 1 is 1.21 bits per heavy atom. The Bertz CT molecular complexity index is 827. The number of benzene rings is 1. The SMILES string of the molecule is Cc1ccc(OCC(=O)Nc2ccc(-n3ccnc3)nc2)cc1C. The smallest absolute Gasteiger partial charge is 0.262 e. The van der Waals surface area contributed by atoms with Crippen LogP contribution in [-0.4, -0.2) is 27.0 Å². The largest absolute Gasteiger partial charge is 0.484 e. The number of ether oxygens (including phenoxy) is 1. The van der Waals surface area contributed by atoms with E-state index in [9.17, 15) is 4.79 Å². The van der Waals surface area contributed by atoms with Crippen LogP contribution in [0.1, 0.15) is 11.1 Å². The number of aryl methyl sites for hydroxylation is 2. The van der Waals surface area contributed by atoms with Crippen LogP contribution in [0.2, 0.25) is 0 Å². The van der Waals surface area contributed by atoms with E-state index in [1.54, 1.807) is 35.6 Å². The average Bonchev–Trinajstić information content (AvgIpc) is 3.11. The number of carbonyl (C=O) groups is 1. The van der Waals surface area contributed by atoms with Crippen LogP contribution in [0.4, 0.5) is 5.69 Å². The molecule has 6 heteroatoms. The normalized spacial score (nSPS) is 10.4. The van der Waals surface area contributed by atoms with Crippen LogP contribution in [0.5, 0.6) is 5.75 Å². The predicted octanol–water partition coefficient (Wildman–Crippen LogP) is 2.90. The molecule has 0 aliphatic heterocycles. The number of amides is 1. The molecule has 3 rings (SSSR count). The van der Waals surface area contributed by atoms with Crippen molar-refractivity contribution in [2.45, 2.75) is 13.8 Å². The molecule has 1 amide bonds. The van der Waals surface area contributed by atoms with Crippen LogP contribution < -0.4 is 10.1 Å². The number of anilines is 1. The quantitative estimate of drug-likeness (QED) is 0.784. The van der Waals surface area contributed by atoms with Gasteiger partial charge in [0.1, 0.15) is 17.9 Å². The second-order valence-corrected chi connectivity index (χ2v) is 5.46. The maximum Gasteiger partial charge on any atom is 0.262 e. The van der Waals surface area contributed by atoms with Crippen LogP contribution in [-0.2, 0) is 4.79 Å². The first-order valence-electron chi connectivity index (χ1n) is 7.56. The molecule has 0 saturated carbocycles. The molecule has 0 atom stereocenters. The lowest BCUT2D eigenvalue weighted by Crippen LogP contribution is -2.20. The van der Waals surface area contributed by atoms with Gasteiger partial charge in [-0.05, 0) is 49.2 Å². The van der Waals surface area contributed by atoms with Gasteiger partial charge in [0.2, 0.25) is 0 Å². The number of imidazole rings is 1. The van der Waals surface area contributed by atoms with Crippen LogP contribution in [0.3, 0.4) is 0 Å². The van der Waals surface area contributed by atoms with Crippen LogP contribution in [0, 0.1) is 13.8 Å². The Morgan fingerprint density at radius 2 is 2.08 bits per heavy atom. The van der Waals surface area contributed by atoms with E-state index >= 15 is 0 Å². The third-order valence-electron chi connectivity index (χ3n) is 3.65. The Morgan fingerprint density at radius 3 is 2.75 bits per heavy atom. The maximum atomic E-state index is 12.0. The Kier molecular flexibility index (Phi) is 4.56. The van der Waals surface area contributed by atoms with Crippen molar-refractivity contribution in [3.8, 4) is 11.6 Å². The first kappa shape index (κ1) is 15.7. The second-order valence-electron chi connectivity index (χ2n) is 5.46. The Hall–Kier alpha value is -3.15. The highest BCUT2D eigenvalue weighted by Gasteiger charge is 2.05.